The Morgan fingerprint density at radius 2 is 1.92 bits per heavy atom. The van der Waals surface area contributed by atoms with Gasteiger partial charge in [0.1, 0.15) is 23.3 Å². The van der Waals surface area contributed by atoms with Gasteiger partial charge in [-0.15, -0.1) is 5.10 Å². The lowest BCUT2D eigenvalue weighted by Gasteiger charge is -2.29. The number of nitriles is 1. The van der Waals surface area contributed by atoms with Crippen LogP contribution < -0.4 is 4.74 Å². The van der Waals surface area contributed by atoms with Crippen molar-refractivity contribution >= 4 is 0 Å². The SMILES string of the molecule is N#Cc1[nH]nnc1-c1cc(F)cc(OC[C@H]2CC[C@H](C(F)(F)F)CC2)c1. The van der Waals surface area contributed by atoms with Gasteiger partial charge in [0.2, 0.25) is 0 Å². The van der Waals surface area contributed by atoms with E-state index in [1.807, 2.05) is 6.07 Å². The third kappa shape index (κ3) is 4.12. The zero-order valence-corrected chi connectivity index (χ0v) is 13.7. The molecule has 1 aliphatic rings. The molecule has 0 atom stereocenters. The molecular formula is C17H16F4N4O. The van der Waals surface area contributed by atoms with Gasteiger partial charge in [0, 0.05) is 11.6 Å². The molecule has 1 fully saturated rings. The fourth-order valence-corrected chi connectivity index (χ4v) is 3.16. The van der Waals surface area contributed by atoms with Gasteiger partial charge in [-0.25, -0.2) is 9.49 Å². The van der Waals surface area contributed by atoms with Crippen molar-refractivity contribution < 1.29 is 22.3 Å². The van der Waals surface area contributed by atoms with Gasteiger partial charge in [-0.3, -0.25) is 0 Å². The van der Waals surface area contributed by atoms with Crippen LogP contribution in [0.3, 0.4) is 0 Å². The lowest BCUT2D eigenvalue weighted by atomic mass is 9.82. The summed E-state index contributed by atoms with van der Waals surface area (Å²) in [5.74, 6) is -1.56. The van der Waals surface area contributed by atoms with E-state index in [0.717, 1.165) is 0 Å². The summed E-state index contributed by atoms with van der Waals surface area (Å²) >= 11 is 0. The molecule has 1 aliphatic carbocycles. The van der Waals surface area contributed by atoms with E-state index in [-0.39, 0.29) is 42.5 Å². The molecule has 1 aromatic heterocycles. The van der Waals surface area contributed by atoms with Crippen LogP contribution in [0.4, 0.5) is 17.6 Å². The van der Waals surface area contributed by atoms with E-state index >= 15 is 0 Å². The molecule has 1 saturated carbocycles. The Balaban J connectivity index is 1.64. The predicted molar refractivity (Wildman–Crippen MR) is 83.5 cm³/mol. The lowest BCUT2D eigenvalue weighted by Crippen LogP contribution is -2.29. The molecule has 1 heterocycles. The number of ether oxygens (including phenoxy) is 1. The van der Waals surface area contributed by atoms with Crippen LogP contribution in [0.2, 0.25) is 0 Å². The highest BCUT2D eigenvalue weighted by molar-refractivity contribution is 5.65. The molecule has 1 N–H and O–H groups in total. The molecule has 0 amide bonds. The molecule has 26 heavy (non-hydrogen) atoms. The minimum atomic E-state index is -4.14. The topological polar surface area (TPSA) is 74.6 Å². The van der Waals surface area contributed by atoms with Crippen LogP contribution in [-0.2, 0) is 0 Å². The van der Waals surface area contributed by atoms with Crippen molar-refractivity contribution in [1.29, 1.82) is 5.26 Å². The number of nitrogens with one attached hydrogen (secondary N) is 1. The van der Waals surface area contributed by atoms with E-state index in [1.165, 1.54) is 18.2 Å². The van der Waals surface area contributed by atoms with Gasteiger partial charge in [0.15, 0.2) is 5.69 Å². The summed E-state index contributed by atoms with van der Waals surface area (Å²) in [6.07, 6.45) is -3.10. The maximum absolute atomic E-state index is 13.9. The highest BCUT2D eigenvalue weighted by Crippen LogP contribution is 2.39. The average molecular weight is 368 g/mol. The van der Waals surface area contributed by atoms with Gasteiger partial charge in [0.25, 0.3) is 0 Å². The van der Waals surface area contributed by atoms with Crippen molar-refractivity contribution in [3.05, 3.63) is 29.7 Å². The van der Waals surface area contributed by atoms with E-state index in [1.54, 1.807) is 0 Å². The summed E-state index contributed by atoms with van der Waals surface area (Å²) < 4.78 is 57.5. The molecule has 1 aromatic carbocycles. The Morgan fingerprint density at radius 3 is 2.58 bits per heavy atom. The second-order valence-electron chi connectivity index (χ2n) is 6.39. The molecule has 2 aromatic rings. The maximum Gasteiger partial charge on any atom is 0.391 e. The van der Waals surface area contributed by atoms with Crippen molar-refractivity contribution in [3.63, 3.8) is 0 Å². The summed E-state index contributed by atoms with van der Waals surface area (Å²) in [5, 5.41) is 18.7. The van der Waals surface area contributed by atoms with E-state index in [9.17, 15) is 17.6 Å². The van der Waals surface area contributed by atoms with Gasteiger partial charge in [0.05, 0.1) is 12.5 Å². The Hall–Kier alpha value is -2.63. The monoisotopic (exact) mass is 368 g/mol. The predicted octanol–water partition coefficient (Wildman–Crippen LogP) is 4.23. The van der Waals surface area contributed by atoms with Crippen LogP contribution in [-0.4, -0.2) is 28.2 Å². The number of aromatic nitrogens is 3. The summed E-state index contributed by atoms with van der Waals surface area (Å²) in [6, 6.07) is 5.81. The minimum Gasteiger partial charge on any atom is -0.493 e. The normalized spacial score (nSPS) is 20.6. The molecule has 3 rings (SSSR count). The molecular weight excluding hydrogens is 352 g/mol. The minimum absolute atomic E-state index is 0.00189. The first-order chi connectivity index (χ1) is 12.4. The summed E-state index contributed by atoms with van der Waals surface area (Å²) in [6.45, 7) is 0.220. The third-order valence-corrected chi connectivity index (χ3v) is 4.60. The number of benzene rings is 1. The number of halogens is 4. The smallest absolute Gasteiger partial charge is 0.391 e. The first-order valence-electron chi connectivity index (χ1n) is 8.18. The summed E-state index contributed by atoms with van der Waals surface area (Å²) in [5.41, 5.74) is 0.653. The highest BCUT2D eigenvalue weighted by Gasteiger charge is 2.41. The number of aromatic amines is 1. The standard InChI is InChI=1S/C17H16F4N4O/c18-13-5-11(16-15(8-22)23-25-24-16)6-14(7-13)26-9-10-1-3-12(4-2-10)17(19,20)21/h5-7,10,12H,1-4,9H2,(H,23,24,25)/t10-,12-. The van der Waals surface area contributed by atoms with Crippen molar-refractivity contribution in [2.75, 3.05) is 6.61 Å². The average Bonchev–Trinajstić information content (AvgIpc) is 3.08. The summed E-state index contributed by atoms with van der Waals surface area (Å²) in [7, 11) is 0. The van der Waals surface area contributed by atoms with Crippen molar-refractivity contribution in [1.82, 2.24) is 15.4 Å². The number of hydrogen-bond acceptors (Lipinski definition) is 4. The van der Waals surface area contributed by atoms with Crippen LogP contribution in [0.1, 0.15) is 31.4 Å². The van der Waals surface area contributed by atoms with Gasteiger partial charge >= 0.3 is 6.18 Å². The van der Waals surface area contributed by atoms with Gasteiger partial charge in [-0.05, 0) is 43.7 Å². The fraction of sp³-hybridized carbons (Fsp3) is 0.471. The quantitative estimate of drug-likeness (QED) is 0.820. The van der Waals surface area contributed by atoms with Crippen LogP contribution in [0.25, 0.3) is 11.3 Å². The zero-order valence-electron chi connectivity index (χ0n) is 13.7. The molecule has 0 saturated heterocycles. The second-order valence-corrected chi connectivity index (χ2v) is 6.39. The number of nitrogens with zero attached hydrogens (tertiary/aromatic N) is 3. The summed E-state index contributed by atoms with van der Waals surface area (Å²) in [4.78, 5) is 0. The van der Waals surface area contributed by atoms with Crippen LogP contribution in [0.5, 0.6) is 5.75 Å². The van der Waals surface area contributed by atoms with Crippen LogP contribution >= 0.6 is 0 Å². The number of rotatable bonds is 4. The fourth-order valence-electron chi connectivity index (χ4n) is 3.16. The Bertz CT molecular complexity index is 804. The number of hydrogen-bond donors (Lipinski definition) is 1. The molecule has 0 spiro atoms. The molecule has 0 unspecified atom stereocenters. The lowest BCUT2D eigenvalue weighted by molar-refractivity contribution is -0.184. The first-order valence-corrected chi connectivity index (χ1v) is 8.18. The Morgan fingerprint density at radius 1 is 1.19 bits per heavy atom. The van der Waals surface area contributed by atoms with Crippen molar-refractivity contribution in [2.45, 2.75) is 31.9 Å². The molecule has 138 valence electrons. The maximum atomic E-state index is 13.9. The third-order valence-electron chi connectivity index (χ3n) is 4.60. The van der Waals surface area contributed by atoms with Gasteiger partial charge in [-0.2, -0.15) is 18.4 Å². The van der Waals surface area contributed by atoms with Crippen LogP contribution in [0.15, 0.2) is 18.2 Å². The van der Waals surface area contributed by atoms with E-state index in [4.69, 9.17) is 10.00 Å². The van der Waals surface area contributed by atoms with Gasteiger partial charge in [-0.1, -0.05) is 5.21 Å². The highest BCUT2D eigenvalue weighted by atomic mass is 19.4. The molecule has 0 radical (unpaired) electrons. The van der Waals surface area contributed by atoms with Crippen molar-refractivity contribution in [2.24, 2.45) is 11.8 Å². The second kappa shape index (κ2) is 7.32. The van der Waals surface area contributed by atoms with E-state index in [0.29, 0.717) is 18.4 Å². The first kappa shape index (κ1) is 18.2. The molecule has 9 heteroatoms. The molecule has 0 aliphatic heterocycles. The Labute approximate surface area is 147 Å². The van der Waals surface area contributed by atoms with Crippen molar-refractivity contribution in [3.8, 4) is 23.1 Å². The largest absolute Gasteiger partial charge is 0.493 e. The number of alkyl halides is 3. The molecule has 0 bridgehead atoms. The van der Waals surface area contributed by atoms with E-state index < -0.39 is 17.9 Å². The van der Waals surface area contributed by atoms with E-state index in [2.05, 4.69) is 15.4 Å². The number of H-pyrrole nitrogens is 1. The van der Waals surface area contributed by atoms with Crippen LogP contribution in [0, 0.1) is 29.0 Å². The van der Waals surface area contributed by atoms with Gasteiger partial charge < -0.3 is 4.74 Å². The zero-order chi connectivity index (χ0) is 18.7. The Kier molecular flexibility index (Phi) is 5.11. The molecule has 5 nitrogen and oxygen atoms in total.